The highest BCUT2D eigenvalue weighted by Gasteiger charge is 2.12. The number of rotatable bonds is 9. The van der Waals surface area contributed by atoms with Gasteiger partial charge in [-0.1, -0.05) is 42.4 Å². The Morgan fingerprint density at radius 1 is 1.19 bits per heavy atom. The lowest BCUT2D eigenvalue weighted by Gasteiger charge is -2.13. The number of carbonyl (C=O) groups excluding carboxylic acids is 2. The number of nitrogens with two attached hydrogens (primary N) is 1. The van der Waals surface area contributed by atoms with Gasteiger partial charge in [-0.15, -0.1) is 0 Å². The third-order valence-corrected chi connectivity index (χ3v) is 5.70. The Hall–Kier alpha value is -4.23. The van der Waals surface area contributed by atoms with E-state index >= 15 is 0 Å². The van der Waals surface area contributed by atoms with Crippen LogP contribution < -0.4 is 16.4 Å². The minimum absolute atomic E-state index is 0.150. The number of carbonyl (C=O) groups is 2. The van der Waals surface area contributed by atoms with E-state index in [0.717, 1.165) is 22.3 Å². The molecule has 8 heteroatoms. The summed E-state index contributed by atoms with van der Waals surface area (Å²) in [7, 11) is 1.59. The Morgan fingerprint density at radius 3 is 2.72 bits per heavy atom. The average Bonchev–Trinajstić information content (AvgIpc) is 2.89. The first-order valence-corrected chi connectivity index (χ1v) is 11.6. The lowest BCUT2D eigenvalue weighted by Crippen LogP contribution is -2.21. The number of aromatic nitrogens is 1. The molecule has 0 atom stereocenters. The maximum absolute atomic E-state index is 11.8. The molecule has 3 aromatic rings. The molecule has 2 amide bonds. The minimum Gasteiger partial charge on any atom is -0.398 e. The number of aliphatic imine (C=N–C) groups is 1. The lowest BCUT2D eigenvalue weighted by molar-refractivity contribution is -0.116. The fraction of sp³-hybridized carbons (Fsp3) is 0.143. The van der Waals surface area contributed by atoms with Crippen LogP contribution in [0.25, 0.3) is 17.0 Å². The van der Waals surface area contributed by atoms with Gasteiger partial charge in [-0.2, -0.15) is 0 Å². The lowest BCUT2D eigenvalue weighted by atomic mass is 10.0. The van der Waals surface area contributed by atoms with Crippen molar-refractivity contribution in [2.24, 2.45) is 10.7 Å². The van der Waals surface area contributed by atoms with Crippen LogP contribution in [0.4, 0.5) is 0 Å². The zero-order chi connectivity index (χ0) is 26.1. The van der Waals surface area contributed by atoms with Crippen LogP contribution in [0, 0.1) is 6.92 Å². The predicted octanol–water partition coefficient (Wildman–Crippen LogP) is 4.44. The van der Waals surface area contributed by atoms with Gasteiger partial charge in [-0.05, 0) is 60.0 Å². The second-order valence-corrected chi connectivity index (χ2v) is 8.43. The first kappa shape index (κ1) is 26.4. The van der Waals surface area contributed by atoms with E-state index < -0.39 is 0 Å². The summed E-state index contributed by atoms with van der Waals surface area (Å²) >= 11 is 6.46. The van der Waals surface area contributed by atoms with Crippen LogP contribution in [-0.2, 0) is 17.9 Å². The number of benzene rings is 2. The molecule has 7 nitrogen and oxygen atoms in total. The molecule has 0 unspecified atom stereocenters. The molecule has 4 N–H and O–H groups in total. The van der Waals surface area contributed by atoms with Crippen molar-refractivity contribution in [1.82, 2.24) is 15.6 Å². The highest BCUT2D eigenvalue weighted by molar-refractivity contribution is 6.33. The fourth-order valence-corrected chi connectivity index (χ4v) is 3.79. The van der Waals surface area contributed by atoms with Gasteiger partial charge in [0.2, 0.25) is 5.91 Å². The Morgan fingerprint density at radius 2 is 2.00 bits per heavy atom. The SMILES string of the molecule is C=CC(=O)NCc1cnc(-c2ccc(C)cc2Cl)cc1/C(N)=C/C=NCc1cccc(C(=O)NC)c1. The number of amides is 2. The number of hydrogen-bond acceptors (Lipinski definition) is 5. The van der Waals surface area contributed by atoms with E-state index in [9.17, 15) is 9.59 Å². The van der Waals surface area contributed by atoms with Crippen LogP contribution in [0.5, 0.6) is 0 Å². The Bertz CT molecular complexity index is 1350. The van der Waals surface area contributed by atoms with E-state index in [4.69, 9.17) is 17.3 Å². The maximum Gasteiger partial charge on any atom is 0.251 e. The number of aryl methyl sites for hydroxylation is 1. The standard InChI is InChI=1S/C28H28ClN5O2/c1-4-27(35)34-17-21-16-33-26(22-9-8-18(2)12-24(22)29)14-23(21)25(30)10-11-32-15-19-6-5-7-20(13-19)28(36)31-3/h4-14,16H,1,15,17,30H2,2-3H3,(H,31,36)(H,34,35)/b25-10-,32-11?. The topological polar surface area (TPSA) is 109 Å². The summed E-state index contributed by atoms with van der Waals surface area (Å²) in [6.45, 7) is 6.06. The molecular formula is C28H28ClN5O2. The van der Waals surface area contributed by atoms with Crippen molar-refractivity contribution in [1.29, 1.82) is 0 Å². The Balaban J connectivity index is 1.88. The van der Waals surface area contributed by atoms with Crippen LogP contribution in [0.2, 0.25) is 5.02 Å². The quantitative estimate of drug-likeness (QED) is 0.297. The van der Waals surface area contributed by atoms with Gasteiger partial charge < -0.3 is 16.4 Å². The van der Waals surface area contributed by atoms with Crippen LogP contribution in [0.15, 0.2) is 78.5 Å². The van der Waals surface area contributed by atoms with Gasteiger partial charge in [-0.25, -0.2) is 0 Å². The largest absolute Gasteiger partial charge is 0.398 e. The third kappa shape index (κ3) is 6.90. The molecule has 1 aromatic heterocycles. The minimum atomic E-state index is -0.297. The molecule has 0 aliphatic carbocycles. The molecule has 0 aliphatic heterocycles. The van der Waals surface area contributed by atoms with Crippen molar-refractivity contribution >= 4 is 35.3 Å². The monoisotopic (exact) mass is 501 g/mol. The first-order valence-electron chi connectivity index (χ1n) is 11.2. The number of hydrogen-bond donors (Lipinski definition) is 3. The van der Waals surface area contributed by atoms with Crippen molar-refractivity contribution in [3.63, 3.8) is 0 Å². The van der Waals surface area contributed by atoms with Gasteiger partial charge in [0.25, 0.3) is 5.91 Å². The van der Waals surface area contributed by atoms with Gasteiger partial charge in [-0.3, -0.25) is 19.6 Å². The number of allylic oxidation sites excluding steroid dienone is 1. The fourth-order valence-electron chi connectivity index (χ4n) is 3.46. The van der Waals surface area contributed by atoms with E-state index in [1.807, 2.05) is 43.3 Å². The van der Waals surface area contributed by atoms with E-state index in [1.54, 1.807) is 37.7 Å². The molecule has 0 bridgehead atoms. The third-order valence-electron chi connectivity index (χ3n) is 5.39. The van der Waals surface area contributed by atoms with Crippen LogP contribution in [0.1, 0.15) is 32.6 Å². The van der Waals surface area contributed by atoms with Gasteiger partial charge >= 0.3 is 0 Å². The van der Waals surface area contributed by atoms with E-state index in [0.29, 0.717) is 34.1 Å². The van der Waals surface area contributed by atoms with Gasteiger partial charge in [0, 0.05) is 48.4 Å². The Kier molecular flexibility index (Phi) is 9.13. The zero-order valence-electron chi connectivity index (χ0n) is 20.2. The smallest absolute Gasteiger partial charge is 0.251 e. The number of nitrogens with zero attached hydrogens (tertiary/aromatic N) is 2. The molecule has 1 heterocycles. The van der Waals surface area contributed by atoms with E-state index in [-0.39, 0.29) is 18.4 Å². The molecule has 36 heavy (non-hydrogen) atoms. The normalized spacial score (nSPS) is 11.4. The van der Waals surface area contributed by atoms with Crippen molar-refractivity contribution < 1.29 is 9.59 Å². The molecule has 3 rings (SSSR count). The second-order valence-electron chi connectivity index (χ2n) is 8.02. The van der Waals surface area contributed by atoms with Crippen molar-refractivity contribution in [3.05, 3.63) is 106 Å². The van der Waals surface area contributed by atoms with Crippen molar-refractivity contribution in [2.75, 3.05) is 7.05 Å². The molecule has 0 saturated heterocycles. The summed E-state index contributed by atoms with van der Waals surface area (Å²) in [6, 6.07) is 14.9. The highest BCUT2D eigenvalue weighted by Crippen LogP contribution is 2.29. The van der Waals surface area contributed by atoms with Crippen LogP contribution in [0.3, 0.4) is 0 Å². The van der Waals surface area contributed by atoms with Crippen LogP contribution in [-0.4, -0.2) is 30.1 Å². The molecule has 0 radical (unpaired) electrons. The molecular weight excluding hydrogens is 474 g/mol. The first-order chi connectivity index (χ1) is 17.3. The summed E-state index contributed by atoms with van der Waals surface area (Å²) in [4.78, 5) is 32.5. The molecule has 2 aromatic carbocycles. The number of pyridine rings is 1. The summed E-state index contributed by atoms with van der Waals surface area (Å²) in [5.74, 6) is -0.446. The van der Waals surface area contributed by atoms with Gasteiger partial charge in [0.15, 0.2) is 0 Å². The Labute approximate surface area is 215 Å². The summed E-state index contributed by atoms with van der Waals surface area (Å²) in [5, 5.41) is 5.95. The van der Waals surface area contributed by atoms with Gasteiger partial charge in [0.1, 0.15) is 0 Å². The summed E-state index contributed by atoms with van der Waals surface area (Å²) in [6.07, 6.45) is 6.19. The van der Waals surface area contributed by atoms with E-state index in [1.165, 1.54) is 6.08 Å². The maximum atomic E-state index is 11.8. The molecule has 0 saturated carbocycles. The number of nitrogens with one attached hydrogen (secondary N) is 2. The predicted molar refractivity (Wildman–Crippen MR) is 146 cm³/mol. The van der Waals surface area contributed by atoms with Crippen molar-refractivity contribution in [2.45, 2.75) is 20.0 Å². The summed E-state index contributed by atoms with van der Waals surface area (Å²) in [5.41, 5.74) is 12.3. The average molecular weight is 502 g/mol. The highest BCUT2D eigenvalue weighted by atomic mass is 35.5. The zero-order valence-corrected chi connectivity index (χ0v) is 21.0. The van der Waals surface area contributed by atoms with Crippen LogP contribution >= 0.6 is 11.6 Å². The van der Waals surface area contributed by atoms with E-state index in [2.05, 4.69) is 27.2 Å². The summed E-state index contributed by atoms with van der Waals surface area (Å²) < 4.78 is 0. The van der Waals surface area contributed by atoms with Gasteiger partial charge in [0.05, 0.1) is 17.3 Å². The van der Waals surface area contributed by atoms with Crippen molar-refractivity contribution in [3.8, 4) is 11.3 Å². The molecule has 0 aliphatic rings. The number of halogens is 1. The molecule has 0 fully saturated rings. The molecule has 0 spiro atoms. The second kappa shape index (κ2) is 12.5. The molecule has 184 valence electrons.